The van der Waals surface area contributed by atoms with E-state index < -0.39 is 35.9 Å². The van der Waals surface area contributed by atoms with Crippen LogP contribution in [0.5, 0.6) is 0 Å². The van der Waals surface area contributed by atoms with Crippen molar-refractivity contribution >= 4 is 23.3 Å². The summed E-state index contributed by atoms with van der Waals surface area (Å²) < 4.78 is 5.41. The number of nitrogens with one attached hydrogen (secondary N) is 2. The van der Waals surface area contributed by atoms with Gasteiger partial charge in [0.25, 0.3) is 5.91 Å². The van der Waals surface area contributed by atoms with E-state index in [2.05, 4.69) is 10.6 Å². The van der Waals surface area contributed by atoms with Gasteiger partial charge in [0, 0.05) is 24.2 Å². The Balaban J connectivity index is 1.52. The first-order valence-electron chi connectivity index (χ1n) is 10.7. The smallest absolute Gasteiger partial charge is 0.335 e. The molecule has 35 heavy (non-hydrogen) atoms. The lowest BCUT2D eigenvalue weighted by Crippen LogP contribution is -2.83. The van der Waals surface area contributed by atoms with Crippen LogP contribution in [-0.2, 0) is 4.74 Å². The molecule has 1 saturated heterocycles. The molecular formula is C25H25ClN2O7. The SMILES string of the molecule is COC(c1cccc(Cl)c1)C1(O)CC(O)(C(O)(O)Nc2cccc(-c3cccc(C(=O)O)c3)c2)N1. The highest BCUT2D eigenvalue weighted by Gasteiger charge is 2.66. The van der Waals surface area contributed by atoms with Crippen LogP contribution in [-0.4, -0.2) is 56.0 Å². The van der Waals surface area contributed by atoms with Crippen molar-refractivity contribution in [2.75, 3.05) is 12.4 Å². The molecule has 0 amide bonds. The third-order valence-electron chi connectivity index (χ3n) is 5.97. The monoisotopic (exact) mass is 500 g/mol. The van der Waals surface area contributed by atoms with Crippen molar-refractivity contribution in [1.82, 2.24) is 5.32 Å². The largest absolute Gasteiger partial charge is 0.478 e. The van der Waals surface area contributed by atoms with E-state index in [4.69, 9.17) is 16.3 Å². The number of hydrogen-bond acceptors (Lipinski definition) is 8. The lowest BCUT2D eigenvalue weighted by molar-refractivity contribution is -0.361. The fourth-order valence-electron chi connectivity index (χ4n) is 4.29. The number of halogens is 1. The van der Waals surface area contributed by atoms with Crippen molar-refractivity contribution in [3.05, 3.63) is 88.9 Å². The van der Waals surface area contributed by atoms with Gasteiger partial charge in [-0.25, -0.2) is 4.79 Å². The van der Waals surface area contributed by atoms with Crippen LogP contribution in [0.4, 0.5) is 5.69 Å². The summed E-state index contributed by atoms with van der Waals surface area (Å²) in [6.07, 6.45) is -1.45. The van der Waals surface area contributed by atoms with Gasteiger partial charge in [-0.05, 0) is 53.1 Å². The maximum Gasteiger partial charge on any atom is 0.335 e. The zero-order valence-electron chi connectivity index (χ0n) is 18.6. The molecule has 9 nitrogen and oxygen atoms in total. The highest BCUT2D eigenvalue weighted by atomic mass is 35.5. The summed E-state index contributed by atoms with van der Waals surface area (Å²) in [5, 5.41) is 57.9. The fourth-order valence-corrected chi connectivity index (χ4v) is 4.49. The standard InChI is InChI=1S/C25H25ClN2O7/c1-35-21(17-7-3-9-19(26)12-17)23(31)14-24(32,28-23)25(33,34)27-20-10-4-6-16(13-20)15-5-2-8-18(11-15)22(29)30/h2-13,21,27-28,31-34H,14H2,1H3,(H,29,30). The average molecular weight is 501 g/mol. The number of hydrogen-bond donors (Lipinski definition) is 7. The van der Waals surface area contributed by atoms with E-state index in [-0.39, 0.29) is 11.3 Å². The number of methoxy groups -OCH3 is 1. The van der Waals surface area contributed by atoms with E-state index >= 15 is 0 Å². The van der Waals surface area contributed by atoms with Crippen molar-refractivity contribution in [2.24, 2.45) is 0 Å². The van der Waals surface area contributed by atoms with Gasteiger partial charge in [0.2, 0.25) is 0 Å². The van der Waals surface area contributed by atoms with Gasteiger partial charge in [-0.2, -0.15) is 0 Å². The quantitative estimate of drug-likeness (QED) is 0.231. The van der Waals surface area contributed by atoms with E-state index in [9.17, 15) is 30.3 Å². The normalized spacial score (nSPS) is 22.8. The lowest BCUT2D eigenvalue weighted by atomic mass is 9.80. The second-order valence-corrected chi connectivity index (χ2v) is 8.96. The molecule has 10 heteroatoms. The van der Waals surface area contributed by atoms with Gasteiger partial charge in [0.05, 0.1) is 5.56 Å². The first-order valence-corrected chi connectivity index (χ1v) is 11.0. The number of benzene rings is 3. The number of carbonyl (C=O) groups is 1. The molecule has 3 aromatic carbocycles. The van der Waals surface area contributed by atoms with Crippen molar-refractivity contribution in [3.63, 3.8) is 0 Å². The Bertz CT molecular complexity index is 1240. The van der Waals surface area contributed by atoms with Gasteiger partial charge in [-0.3, -0.25) is 5.32 Å². The predicted molar refractivity (Wildman–Crippen MR) is 128 cm³/mol. The summed E-state index contributed by atoms with van der Waals surface area (Å²) >= 11 is 6.03. The maximum atomic E-state index is 11.3. The van der Waals surface area contributed by atoms with Crippen molar-refractivity contribution in [1.29, 1.82) is 0 Å². The molecule has 1 fully saturated rings. The minimum Gasteiger partial charge on any atom is -0.478 e. The summed E-state index contributed by atoms with van der Waals surface area (Å²) in [6, 6.07) is 19.4. The minimum atomic E-state index is -2.90. The molecule has 184 valence electrons. The van der Waals surface area contributed by atoms with Crippen LogP contribution in [0.15, 0.2) is 72.8 Å². The summed E-state index contributed by atoms with van der Waals surface area (Å²) in [4.78, 5) is 11.3. The van der Waals surface area contributed by atoms with Crippen LogP contribution < -0.4 is 10.6 Å². The number of carboxylic acids is 1. The fraction of sp³-hybridized carbons (Fsp3) is 0.240. The molecule has 3 aromatic rings. The van der Waals surface area contributed by atoms with E-state index in [0.717, 1.165) is 0 Å². The van der Waals surface area contributed by atoms with Crippen molar-refractivity contribution < 1.29 is 35.1 Å². The van der Waals surface area contributed by atoms with Crippen LogP contribution in [0.25, 0.3) is 11.1 Å². The van der Waals surface area contributed by atoms with Gasteiger partial charge in [0.1, 0.15) is 6.10 Å². The highest BCUT2D eigenvalue weighted by molar-refractivity contribution is 6.30. The van der Waals surface area contributed by atoms with Gasteiger partial charge in [-0.1, -0.05) is 48.0 Å². The van der Waals surface area contributed by atoms with Crippen LogP contribution in [0.1, 0.15) is 28.4 Å². The summed E-state index contributed by atoms with van der Waals surface area (Å²) in [5.41, 5.74) is -2.06. The molecule has 1 heterocycles. The van der Waals surface area contributed by atoms with Crippen molar-refractivity contribution in [3.8, 4) is 11.1 Å². The topological polar surface area (TPSA) is 152 Å². The van der Waals surface area contributed by atoms with Gasteiger partial charge in [-0.15, -0.1) is 0 Å². The van der Waals surface area contributed by atoms with Crippen LogP contribution in [0.3, 0.4) is 0 Å². The molecule has 1 aliphatic heterocycles. The molecule has 0 radical (unpaired) electrons. The Morgan fingerprint density at radius 2 is 1.69 bits per heavy atom. The Morgan fingerprint density at radius 3 is 2.31 bits per heavy atom. The Kier molecular flexibility index (Phi) is 6.60. The van der Waals surface area contributed by atoms with Crippen LogP contribution in [0, 0.1) is 0 Å². The van der Waals surface area contributed by atoms with Gasteiger partial charge in [0.15, 0.2) is 11.4 Å². The molecule has 4 rings (SSSR count). The number of carboxylic acid groups (broad SMARTS) is 1. The first-order chi connectivity index (χ1) is 16.5. The molecule has 0 bridgehead atoms. The molecule has 0 aliphatic carbocycles. The van der Waals surface area contributed by atoms with E-state index in [0.29, 0.717) is 21.7 Å². The minimum absolute atomic E-state index is 0.110. The third-order valence-corrected chi connectivity index (χ3v) is 6.21. The molecule has 0 aromatic heterocycles. The van der Waals surface area contributed by atoms with Gasteiger partial charge >= 0.3 is 5.97 Å². The number of rotatable bonds is 8. The number of aliphatic hydroxyl groups is 4. The molecule has 1 aliphatic rings. The second kappa shape index (κ2) is 9.21. The lowest BCUT2D eigenvalue weighted by Gasteiger charge is -2.57. The van der Waals surface area contributed by atoms with E-state index in [1.165, 1.54) is 19.2 Å². The molecule has 3 atom stereocenters. The third kappa shape index (κ3) is 4.89. The highest BCUT2D eigenvalue weighted by Crippen LogP contribution is 2.45. The first kappa shape index (κ1) is 25.1. The maximum absolute atomic E-state index is 11.3. The van der Waals surface area contributed by atoms with E-state index in [1.807, 2.05) is 0 Å². The van der Waals surface area contributed by atoms with E-state index in [1.54, 1.807) is 60.7 Å². The molecular weight excluding hydrogens is 476 g/mol. The molecule has 7 N–H and O–H groups in total. The number of ether oxygens (including phenoxy) is 1. The molecule has 0 spiro atoms. The Labute approximate surface area is 206 Å². The van der Waals surface area contributed by atoms with Gasteiger partial charge < -0.3 is 35.6 Å². The van der Waals surface area contributed by atoms with Crippen LogP contribution >= 0.6 is 11.6 Å². The predicted octanol–water partition coefficient (Wildman–Crippen LogP) is 2.51. The molecule has 3 unspecified atom stereocenters. The summed E-state index contributed by atoms with van der Waals surface area (Å²) in [5.74, 6) is -3.96. The number of aromatic carboxylic acids is 1. The summed E-state index contributed by atoms with van der Waals surface area (Å²) in [6.45, 7) is 0. The Hall–Kier alpha value is -3.02. The average Bonchev–Trinajstić information content (AvgIpc) is 2.78. The Morgan fingerprint density at radius 1 is 1.06 bits per heavy atom. The second-order valence-electron chi connectivity index (χ2n) is 8.52. The number of anilines is 1. The zero-order chi connectivity index (χ0) is 25.4. The van der Waals surface area contributed by atoms with Crippen LogP contribution in [0.2, 0.25) is 5.02 Å². The zero-order valence-corrected chi connectivity index (χ0v) is 19.4. The van der Waals surface area contributed by atoms with Crippen molar-refractivity contribution in [2.45, 2.75) is 29.9 Å². The molecule has 0 saturated carbocycles. The summed E-state index contributed by atoms with van der Waals surface area (Å²) in [7, 11) is 1.37.